The molecule has 2 aromatic carbocycles. The van der Waals surface area contributed by atoms with Crippen molar-refractivity contribution >= 4 is 34.1 Å². The molecular formula is C22H18N4O5S. The second-order valence-corrected chi connectivity index (χ2v) is 7.32. The number of ether oxygens (including phenoxy) is 2. The summed E-state index contributed by atoms with van der Waals surface area (Å²) in [6.07, 6.45) is 1.46. The van der Waals surface area contributed by atoms with Gasteiger partial charge in [0.1, 0.15) is 16.6 Å². The summed E-state index contributed by atoms with van der Waals surface area (Å²) in [5.41, 5.74) is 2.37. The first-order chi connectivity index (χ1) is 15.4. The Morgan fingerprint density at radius 3 is 2.44 bits per heavy atom. The third-order valence-electron chi connectivity index (χ3n) is 4.50. The van der Waals surface area contributed by atoms with Crippen molar-refractivity contribution in [1.82, 2.24) is 4.98 Å². The molecule has 9 nitrogen and oxygen atoms in total. The van der Waals surface area contributed by atoms with Gasteiger partial charge in [0.05, 0.1) is 30.5 Å². The van der Waals surface area contributed by atoms with Gasteiger partial charge in [0.2, 0.25) is 0 Å². The molecule has 1 N–H and O–H groups in total. The third-order valence-corrected chi connectivity index (χ3v) is 5.38. The molecule has 32 heavy (non-hydrogen) atoms. The minimum Gasteiger partial charge on any atom is -0.493 e. The average Bonchev–Trinajstić information content (AvgIpc) is 3.29. The van der Waals surface area contributed by atoms with Gasteiger partial charge in [0.25, 0.3) is 5.69 Å². The summed E-state index contributed by atoms with van der Waals surface area (Å²) < 4.78 is 10.5. The van der Waals surface area contributed by atoms with Crippen molar-refractivity contribution in [2.24, 2.45) is 0 Å². The maximum absolute atomic E-state index is 12.1. The highest BCUT2D eigenvalue weighted by Crippen LogP contribution is 2.34. The molecule has 1 aromatic heterocycles. The molecule has 162 valence electrons. The van der Waals surface area contributed by atoms with Crippen LogP contribution in [0.4, 0.5) is 11.4 Å². The molecule has 0 aliphatic rings. The Kier molecular flexibility index (Phi) is 6.82. The van der Waals surface area contributed by atoms with E-state index in [0.29, 0.717) is 39.0 Å². The van der Waals surface area contributed by atoms with Crippen molar-refractivity contribution in [3.05, 3.63) is 68.7 Å². The summed E-state index contributed by atoms with van der Waals surface area (Å²) in [5, 5.41) is 25.6. The Hall–Kier alpha value is -4.23. The first kappa shape index (κ1) is 22.5. The molecule has 0 spiro atoms. The fourth-order valence-electron chi connectivity index (χ4n) is 2.87. The van der Waals surface area contributed by atoms with Crippen LogP contribution in [0, 0.1) is 21.4 Å². The van der Waals surface area contributed by atoms with Crippen LogP contribution in [0.2, 0.25) is 0 Å². The van der Waals surface area contributed by atoms with Crippen LogP contribution in [0.3, 0.4) is 0 Å². The van der Waals surface area contributed by atoms with Gasteiger partial charge in [-0.1, -0.05) is 0 Å². The van der Waals surface area contributed by atoms with Crippen molar-refractivity contribution < 1.29 is 19.2 Å². The number of ketones is 1. The van der Waals surface area contributed by atoms with Gasteiger partial charge in [-0.2, -0.15) is 5.26 Å². The largest absolute Gasteiger partial charge is 0.493 e. The van der Waals surface area contributed by atoms with E-state index >= 15 is 0 Å². The molecule has 0 saturated carbocycles. The molecule has 0 aliphatic carbocycles. The zero-order valence-corrected chi connectivity index (χ0v) is 18.2. The molecule has 0 amide bonds. The van der Waals surface area contributed by atoms with E-state index in [1.807, 2.05) is 0 Å². The lowest BCUT2D eigenvalue weighted by Crippen LogP contribution is -2.03. The predicted octanol–water partition coefficient (Wildman–Crippen LogP) is 4.91. The molecule has 0 bridgehead atoms. The number of aromatic nitrogens is 1. The van der Waals surface area contributed by atoms with E-state index in [4.69, 9.17) is 9.47 Å². The molecule has 0 aliphatic heterocycles. The second-order valence-electron chi connectivity index (χ2n) is 6.46. The molecule has 10 heteroatoms. The minimum atomic E-state index is -0.470. The minimum absolute atomic E-state index is 0.0118. The molecule has 1 heterocycles. The molecule has 0 atom stereocenters. The number of nitro groups is 1. The number of methoxy groups -OCH3 is 2. The number of hydrogen-bond donors (Lipinski definition) is 1. The Balaban J connectivity index is 1.90. The molecule has 3 rings (SSSR count). The monoisotopic (exact) mass is 450 g/mol. The van der Waals surface area contributed by atoms with Gasteiger partial charge < -0.3 is 14.8 Å². The first-order valence-corrected chi connectivity index (χ1v) is 10.1. The quantitative estimate of drug-likeness (QED) is 0.222. The van der Waals surface area contributed by atoms with E-state index in [1.165, 1.54) is 50.8 Å². The van der Waals surface area contributed by atoms with E-state index < -0.39 is 4.92 Å². The number of Topliss-reactive ketones (excluding diaryl/α,β-unsaturated/α-hetero) is 1. The lowest BCUT2D eigenvalue weighted by molar-refractivity contribution is -0.384. The number of rotatable bonds is 8. The Bertz CT molecular complexity index is 1240. The number of nitro benzene ring substituents is 1. The molecule has 0 fully saturated rings. The number of thiazole rings is 1. The smallest absolute Gasteiger partial charge is 0.269 e. The van der Waals surface area contributed by atoms with Gasteiger partial charge in [0.15, 0.2) is 17.3 Å². The van der Waals surface area contributed by atoms with Crippen LogP contribution < -0.4 is 14.8 Å². The number of nitrogens with zero attached hydrogens (tertiary/aromatic N) is 3. The van der Waals surface area contributed by atoms with Crippen LogP contribution in [0.15, 0.2) is 48.0 Å². The summed E-state index contributed by atoms with van der Waals surface area (Å²) >= 11 is 1.26. The summed E-state index contributed by atoms with van der Waals surface area (Å²) in [6.45, 7) is 1.43. The Morgan fingerprint density at radius 1 is 1.22 bits per heavy atom. The van der Waals surface area contributed by atoms with Crippen LogP contribution in [-0.2, 0) is 0 Å². The van der Waals surface area contributed by atoms with Crippen LogP contribution in [0.1, 0.15) is 22.3 Å². The van der Waals surface area contributed by atoms with Gasteiger partial charge >= 0.3 is 0 Å². The standard InChI is InChI=1S/C22H18N4O5S/c1-13(27)17-8-20(30-2)21(31-3)9-18(17)24-11-15(10-23)22-25-19(12-32-22)14-4-6-16(7-5-14)26(28)29/h4-9,11-12,24H,1-3H3. The van der Waals surface area contributed by atoms with Gasteiger partial charge in [-0.05, 0) is 25.1 Å². The van der Waals surface area contributed by atoms with E-state index in [0.717, 1.165) is 0 Å². The van der Waals surface area contributed by atoms with Gasteiger partial charge in [-0.15, -0.1) is 11.3 Å². The zero-order valence-electron chi connectivity index (χ0n) is 17.4. The SMILES string of the molecule is COc1cc(NC=C(C#N)c2nc(-c3ccc([N+](=O)[O-])cc3)cs2)c(C(C)=O)cc1OC. The highest BCUT2D eigenvalue weighted by Gasteiger charge is 2.15. The van der Waals surface area contributed by atoms with Crippen molar-refractivity contribution in [3.63, 3.8) is 0 Å². The topological polar surface area (TPSA) is 127 Å². The number of allylic oxidation sites excluding steroid dienone is 1. The van der Waals surface area contributed by atoms with E-state index in [2.05, 4.69) is 16.4 Å². The second kappa shape index (κ2) is 9.72. The maximum Gasteiger partial charge on any atom is 0.269 e. The first-order valence-electron chi connectivity index (χ1n) is 9.22. The molecule has 3 aromatic rings. The number of anilines is 1. The fourth-order valence-corrected chi connectivity index (χ4v) is 3.66. The molecule has 0 saturated heterocycles. The third kappa shape index (κ3) is 4.74. The lowest BCUT2D eigenvalue weighted by Gasteiger charge is -2.13. The summed E-state index contributed by atoms with van der Waals surface area (Å²) in [5.74, 6) is 0.664. The fraction of sp³-hybridized carbons (Fsp3) is 0.136. The van der Waals surface area contributed by atoms with Crippen LogP contribution in [0.5, 0.6) is 11.5 Å². The van der Waals surface area contributed by atoms with Crippen LogP contribution >= 0.6 is 11.3 Å². The predicted molar refractivity (Wildman–Crippen MR) is 121 cm³/mol. The zero-order chi connectivity index (χ0) is 23.3. The van der Waals surface area contributed by atoms with Crippen molar-refractivity contribution in [1.29, 1.82) is 5.26 Å². The number of carbonyl (C=O) groups is 1. The van der Waals surface area contributed by atoms with E-state index in [9.17, 15) is 20.2 Å². The van der Waals surface area contributed by atoms with E-state index in [-0.39, 0.29) is 17.0 Å². The number of nitriles is 1. The molecular weight excluding hydrogens is 432 g/mol. The molecule has 0 unspecified atom stereocenters. The normalized spacial score (nSPS) is 10.9. The number of non-ortho nitro benzene ring substituents is 1. The Morgan fingerprint density at radius 2 is 1.88 bits per heavy atom. The summed E-state index contributed by atoms with van der Waals surface area (Å²) in [7, 11) is 2.97. The average molecular weight is 450 g/mol. The molecule has 0 radical (unpaired) electrons. The van der Waals surface area contributed by atoms with Crippen LogP contribution in [-0.4, -0.2) is 29.9 Å². The van der Waals surface area contributed by atoms with Crippen LogP contribution in [0.25, 0.3) is 16.8 Å². The van der Waals surface area contributed by atoms with E-state index in [1.54, 1.807) is 29.6 Å². The number of hydrogen-bond acceptors (Lipinski definition) is 9. The van der Waals surface area contributed by atoms with Gasteiger partial charge in [-0.3, -0.25) is 14.9 Å². The summed E-state index contributed by atoms with van der Waals surface area (Å²) in [6, 6.07) is 11.3. The number of nitrogens with one attached hydrogen (secondary N) is 1. The van der Waals surface area contributed by atoms with Crippen molar-refractivity contribution in [3.8, 4) is 28.8 Å². The number of benzene rings is 2. The highest BCUT2D eigenvalue weighted by molar-refractivity contribution is 7.11. The summed E-state index contributed by atoms with van der Waals surface area (Å²) in [4.78, 5) is 26.9. The number of carbonyl (C=O) groups excluding carboxylic acids is 1. The lowest BCUT2D eigenvalue weighted by atomic mass is 10.1. The highest BCUT2D eigenvalue weighted by atomic mass is 32.1. The van der Waals surface area contributed by atoms with Gasteiger partial charge in [-0.25, -0.2) is 4.98 Å². The Labute approximate surface area is 187 Å². The van der Waals surface area contributed by atoms with Crippen molar-refractivity contribution in [2.45, 2.75) is 6.92 Å². The van der Waals surface area contributed by atoms with Crippen molar-refractivity contribution in [2.75, 3.05) is 19.5 Å². The van der Waals surface area contributed by atoms with Gasteiger partial charge in [0, 0.05) is 40.9 Å². The maximum atomic E-state index is 12.1.